The highest BCUT2D eigenvalue weighted by molar-refractivity contribution is 6.00. The average Bonchev–Trinajstić information content (AvgIpc) is 3.51. The standard InChI is InChI=1S/C23H24N2O3/c1-14(16-5-6-16)9-15(2)25-13-19-10-17(7-8-20(19)23(25)26)18-11-21(27-3)22(28-4)24-12-18/h7-12,16H,2,5-6,13H2,1,3-4H3/b14-9+. The van der Waals surface area contributed by atoms with Crippen LogP contribution in [-0.2, 0) is 6.54 Å². The SMILES string of the molecule is C=C(/C=C(\C)C1CC1)N1Cc2cc(-c3cnc(OC)c(OC)c3)ccc2C1=O. The molecule has 0 spiro atoms. The summed E-state index contributed by atoms with van der Waals surface area (Å²) in [6.45, 7) is 6.79. The Labute approximate surface area is 165 Å². The van der Waals surface area contributed by atoms with Crippen LogP contribution in [0.15, 0.2) is 54.4 Å². The largest absolute Gasteiger partial charge is 0.491 e. The summed E-state index contributed by atoms with van der Waals surface area (Å²) in [4.78, 5) is 18.9. The first-order valence-corrected chi connectivity index (χ1v) is 9.42. The molecule has 1 aromatic carbocycles. The van der Waals surface area contributed by atoms with Crippen LogP contribution >= 0.6 is 0 Å². The number of rotatable bonds is 6. The Morgan fingerprint density at radius 3 is 2.68 bits per heavy atom. The van der Waals surface area contributed by atoms with Gasteiger partial charge in [-0.1, -0.05) is 18.2 Å². The molecule has 1 fully saturated rings. The number of benzene rings is 1. The van der Waals surface area contributed by atoms with E-state index in [0.29, 0.717) is 24.1 Å². The lowest BCUT2D eigenvalue weighted by Crippen LogP contribution is -2.21. The third-order valence-electron chi connectivity index (χ3n) is 5.44. The van der Waals surface area contributed by atoms with Gasteiger partial charge in [-0.2, -0.15) is 0 Å². The summed E-state index contributed by atoms with van der Waals surface area (Å²) in [6, 6.07) is 7.76. The second kappa shape index (κ2) is 7.15. The number of nitrogens with zero attached hydrogens (tertiary/aromatic N) is 2. The normalized spacial score (nSPS) is 16.2. The van der Waals surface area contributed by atoms with Crippen molar-refractivity contribution >= 4 is 5.91 Å². The van der Waals surface area contributed by atoms with E-state index in [9.17, 15) is 4.79 Å². The predicted molar refractivity (Wildman–Crippen MR) is 108 cm³/mol. The van der Waals surface area contributed by atoms with Crippen molar-refractivity contribution in [2.75, 3.05) is 14.2 Å². The maximum absolute atomic E-state index is 12.8. The Morgan fingerprint density at radius 1 is 1.21 bits per heavy atom. The molecule has 0 atom stereocenters. The Hall–Kier alpha value is -3.08. The first-order chi connectivity index (χ1) is 13.5. The number of amides is 1. The van der Waals surface area contributed by atoms with Gasteiger partial charge < -0.3 is 14.4 Å². The number of hydrogen-bond acceptors (Lipinski definition) is 4. The van der Waals surface area contributed by atoms with Crippen LogP contribution in [0.2, 0.25) is 0 Å². The van der Waals surface area contributed by atoms with E-state index in [1.165, 1.54) is 18.4 Å². The van der Waals surface area contributed by atoms with E-state index < -0.39 is 0 Å². The van der Waals surface area contributed by atoms with Crippen LogP contribution < -0.4 is 9.47 Å². The van der Waals surface area contributed by atoms with Crippen LogP contribution in [0.25, 0.3) is 11.1 Å². The fourth-order valence-corrected chi connectivity index (χ4v) is 3.62. The molecule has 0 saturated heterocycles. The molecule has 1 aromatic heterocycles. The van der Waals surface area contributed by atoms with Gasteiger partial charge in [0.05, 0.1) is 20.8 Å². The molecule has 0 unspecified atom stereocenters. The van der Waals surface area contributed by atoms with Crippen LogP contribution in [0.3, 0.4) is 0 Å². The van der Waals surface area contributed by atoms with Gasteiger partial charge in [0.15, 0.2) is 5.75 Å². The molecule has 144 valence electrons. The van der Waals surface area contributed by atoms with Crippen LogP contribution in [0, 0.1) is 5.92 Å². The molecule has 0 N–H and O–H groups in total. The minimum atomic E-state index is 0.0110. The van der Waals surface area contributed by atoms with E-state index in [-0.39, 0.29) is 5.91 Å². The van der Waals surface area contributed by atoms with Gasteiger partial charge in [0, 0.05) is 23.0 Å². The maximum atomic E-state index is 12.8. The minimum Gasteiger partial charge on any atom is -0.491 e. The van der Waals surface area contributed by atoms with Crippen molar-refractivity contribution in [1.29, 1.82) is 0 Å². The van der Waals surface area contributed by atoms with E-state index in [1.54, 1.807) is 25.3 Å². The van der Waals surface area contributed by atoms with E-state index in [1.807, 2.05) is 24.3 Å². The molecule has 2 heterocycles. The quantitative estimate of drug-likeness (QED) is 0.692. The number of ether oxygens (including phenoxy) is 2. The molecule has 1 aliphatic carbocycles. The average molecular weight is 376 g/mol. The van der Waals surface area contributed by atoms with Crippen molar-refractivity contribution in [2.24, 2.45) is 5.92 Å². The number of aromatic nitrogens is 1. The van der Waals surface area contributed by atoms with E-state index >= 15 is 0 Å². The van der Waals surface area contributed by atoms with Gasteiger partial charge in [0.1, 0.15) is 0 Å². The number of fused-ring (bicyclic) bond motifs is 1. The topological polar surface area (TPSA) is 51.7 Å². The Bertz CT molecular complexity index is 989. The Kier molecular flexibility index (Phi) is 4.67. The molecule has 0 radical (unpaired) electrons. The molecule has 1 aliphatic heterocycles. The molecule has 4 rings (SSSR count). The van der Waals surface area contributed by atoms with Gasteiger partial charge in [-0.25, -0.2) is 4.98 Å². The summed E-state index contributed by atoms with van der Waals surface area (Å²) < 4.78 is 10.6. The maximum Gasteiger partial charge on any atom is 0.258 e. The summed E-state index contributed by atoms with van der Waals surface area (Å²) in [5.41, 5.74) is 5.70. The highest BCUT2D eigenvalue weighted by Crippen LogP contribution is 2.38. The van der Waals surface area contributed by atoms with Gasteiger partial charge in [-0.05, 0) is 61.1 Å². The summed E-state index contributed by atoms with van der Waals surface area (Å²) in [7, 11) is 3.15. The van der Waals surface area contributed by atoms with Gasteiger partial charge in [-0.3, -0.25) is 4.79 Å². The summed E-state index contributed by atoms with van der Waals surface area (Å²) >= 11 is 0. The third-order valence-corrected chi connectivity index (χ3v) is 5.44. The van der Waals surface area contributed by atoms with E-state index in [0.717, 1.165) is 28.0 Å². The number of allylic oxidation sites excluding steroid dienone is 2. The molecular weight excluding hydrogens is 352 g/mol. The molecular formula is C23H24N2O3. The summed E-state index contributed by atoms with van der Waals surface area (Å²) in [5, 5.41) is 0. The van der Waals surface area contributed by atoms with Crippen LogP contribution in [0.5, 0.6) is 11.6 Å². The zero-order valence-electron chi connectivity index (χ0n) is 16.5. The summed E-state index contributed by atoms with van der Waals surface area (Å²) in [6.07, 6.45) is 6.29. The number of pyridine rings is 1. The zero-order chi connectivity index (χ0) is 19.8. The van der Waals surface area contributed by atoms with Crippen molar-refractivity contribution in [3.63, 3.8) is 0 Å². The monoisotopic (exact) mass is 376 g/mol. The second-order valence-corrected chi connectivity index (χ2v) is 7.35. The molecule has 28 heavy (non-hydrogen) atoms. The zero-order valence-corrected chi connectivity index (χ0v) is 16.5. The minimum absolute atomic E-state index is 0.0110. The Balaban J connectivity index is 1.60. The van der Waals surface area contributed by atoms with Gasteiger partial charge in [0.25, 0.3) is 11.8 Å². The highest BCUT2D eigenvalue weighted by Gasteiger charge is 2.30. The second-order valence-electron chi connectivity index (χ2n) is 7.35. The summed E-state index contributed by atoms with van der Waals surface area (Å²) in [5.74, 6) is 1.70. The molecule has 5 nitrogen and oxygen atoms in total. The van der Waals surface area contributed by atoms with Crippen LogP contribution in [0.4, 0.5) is 0 Å². The number of hydrogen-bond donors (Lipinski definition) is 0. The molecule has 2 aromatic rings. The van der Waals surface area contributed by atoms with Crippen molar-refractivity contribution in [3.8, 4) is 22.8 Å². The molecule has 0 bridgehead atoms. The van der Waals surface area contributed by atoms with Crippen molar-refractivity contribution in [2.45, 2.75) is 26.3 Å². The van der Waals surface area contributed by atoms with Crippen LogP contribution in [-0.4, -0.2) is 30.0 Å². The lowest BCUT2D eigenvalue weighted by atomic mass is 10.0. The van der Waals surface area contributed by atoms with Crippen molar-refractivity contribution in [1.82, 2.24) is 9.88 Å². The van der Waals surface area contributed by atoms with Crippen molar-refractivity contribution < 1.29 is 14.3 Å². The third kappa shape index (κ3) is 3.28. The fraction of sp³-hybridized carbons (Fsp3) is 0.304. The Morgan fingerprint density at radius 2 is 2.00 bits per heavy atom. The van der Waals surface area contributed by atoms with E-state index in [2.05, 4.69) is 24.6 Å². The number of carbonyl (C=O) groups excluding carboxylic acids is 1. The first-order valence-electron chi connectivity index (χ1n) is 9.42. The van der Waals surface area contributed by atoms with Crippen molar-refractivity contribution in [3.05, 3.63) is 65.5 Å². The fourth-order valence-electron chi connectivity index (χ4n) is 3.62. The lowest BCUT2D eigenvalue weighted by Gasteiger charge is -2.16. The van der Waals surface area contributed by atoms with Crippen LogP contribution in [0.1, 0.15) is 35.7 Å². The van der Waals surface area contributed by atoms with Gasteiger partial charge in [-0.15, -0.1) is 0 Å². The number of carbonyl (C=O) groups is 1. The van der Waals surface area contributed by atoms with E-state index in [4.69, 9.17) is 9.47 Å². The molecule has 2 aliphatic rings. The highest BCUT2D eigenvalue weighted by atomic mass is 16.5. The molecule has 5 heteroatoms. The van der Waals surface area contributed by atoms with Gasteiger partial charge >= 0.3 is 0 Å². The molecule has 1 amide bonds. The lowest BCUT2D eigenvalue weighted by molar-refractivity contribution is 0.0832. The van der Waals surface area contributed by atoms with Gasteiger partial charge in [0.2, 0.25) is 0 Å². The first kappa shape index (κ1) is 18.3. The number of methoxy groups -OCH3 is 2. The smallest absolute Gasteiger partial charge is 0.258 e. The molecule has 1 saturated carbocycles. The predicted octanol–water partition coefficient (Wildman–Crippen LogP) is 4.59.